The minimum atomic E-state index is -0.134. The van der Waals surface area contributed by atoms with Gasteiger partial charge in [-0.25, -0.2) is 0 Å². The molecular formula is C22H17NO6. The number of carbonyl (C=O) groups is 1. The van der Waals surface area contributed by atoms with Gasteiger partial charge in [0.25, 0.3) is 5.91 Å². The van der Waals surface area contributed by atoms with Crippen molar-refractivity contribution >= 4 is 16.7 Å². The molecule has 3 aromatic carbocycles. The summed E-state index contributed by atoms with van der Waals surface area (Å²) in [4.78, 5) is 12.7. The standard InChI is InChI=1S/C22H17NO6/c1-2-25-20-12-4-6-15-21(29-10-27-15)18(12)17(13-8-23-22(24)19(13)20)11-3-5-14-16(7-11)28-9-26-14/h3-7H,2,8-10H2,1H3,(H,23,24). The van der Waals surface area contributed by atoms with Crippen LogP contribution in [0.5, 0.6) is 28.7 Å². The van der Waals surface area contributed by atoms with Gasteiger partial charge in [0.05, 0.1) is 12.2 Å². The summed E-state index contributed by atoms with van der Waals surface area (Å²) in [5.74, 6) is 3.18. The third kappa shape index (κ3) is 2.21. The molecule has 0 aliphatic carbocycles. The van der Waals surface area contributed by atoms with Gasteiger partial charge in [0.1, 0.15) is 5.75 Å². The highest BCUT2D eigenvalue weighted by atomic mass is 16.7. The van der Waals surface area contributed by atoms with Crippen molar-refractivity contribution in [2.45, 2.75) is 13.5 Å². The summed E-state index contributed by atoms with van der Waals surface area (Å²) in [6, 6.07) is 9.58. The molecule has 146 valence electrons. The van der Waals surface area contributed by atoms with Gasteiger partial charge in [-0.1, -0.05) is 6.07 Å². The van der Waals surface area contributed by atoms with Crippen molar-refractivity contribution in [1.29, 1.82) is 0 Å². The minimum absolute atomic E-state index is 0.134. The smallest absolute Gasteiger partial charge is 0.255 e. The van der Waals surface area contributed by atoms with E-state index >= 15 is 0 Å². The molecule has 0 saturated heterocycles. The Balaban J connectivity index is 1.75. The lowest BCUT2D eigenvalue weighted by Gasteiger charge is -2.18. The number of fused-ring (bicyclic) bond motifs is 5. The Kier molecular flexibility index (Phi) is 3.35. The van der Waals surface area contributed by atoms with Gasteiger partial charge in [0, 0.05) is 17.3 Å². The Morgan fingerprint density at radius 3 is 2.66 bits per heavy atom. The van der Waals surface area contributed by atoms with Crippen LogP contribution in [0, 0.1) is 0 Å². The molecule has 0 saturated carbocycles. The van der Waals surface area contributed by atoms with Crippen LogP contribution in [0.4, 0.5) is 0 Å². The van der Waals surface area contributed by atoms with E-state index in [9.17, 15) is 4.79 Å². The first-order valence-electron chi connectivity index (χ1n) is 9.48. The molecule has 0 unspecified atom stereocenters. The number of hydrogen-bond acceptors (Lipinski definition) is 6. The molecule has 0 spiro atoms. The molecule has 0 aromatic heterocycles. The average molecular weight is 391 g/mol. The van der Waals surface area contributed by atoms with Crippen molar-refractivity contribution in [3.05, 3.63) is 41.5 Å². The van der Waals surface area contributed by atoms with Gasteiger partial charge in [0.2, 0.25) is 13.6 Å². The van der Waals surface area contributed by atoms with Crippen LogP contribution < -0.4 is 29.0 Å². The summed E-state index contributed by atoms with van der Waals surface area (Å²) in [5, 5.41) is 4.63. The lowest BCUT2D eigenvalue weighted by Crippen LogP contribution is -2.13. The first-order chi connectivity index (χ1) is 14.3. The molecule has 7 nitrogen and oxygen atoms in total. The van der Waals surface area contributed by atoms with E-state index in [2.05, 4.69) is 5.32 Å². The number of ether oxygens (including phenoxy) is 5. The van der Waals surface area contributed by atoms with Crippen molar-refractivity contribution in [2.24, 2.45) is 0 Å². The van der Waals surface area contributed by atoms with Crippen molar-refractivity contribution < 1.29 is 28.5 Å². The predicted molar refractivity (Wildman–Crippen MR) is 104 cm³/mol. The molecule has 29 heavy (non-hydrogen) atoms. The van der Waals surface area contributed by atoms with Crippen LogP contribution in [0.2, 0.25) is 0 Å². The maximum Gasteiger partial charge on any atom is 0.255 e. The molecule has 0 atom stereocenters. The molecule has 0 bridgehead atoms. The lowest BCUT2D eigenvalue weighted by atomic mass is 9.89. The molecule has 3 heterocycles. The molecule has 0 radical (unpaired) electrons. The number of nitrogens with one attached hydrogen (secondary N) is 1. The molecular weight excluding hydrogens is 374 g/mol. The van der Waals surface area contributed by atoms with Crippen LogP contribution in [0.1, 0.15) is 22.8 Å². The zero-order valence-corrected chi connectivity index (χ0v) is 15.7. The molecule has 7 heteroatoms. The molecule has 0 fully saturated rings. The van der Waals surface area contributed by atoms with Crippen LogP contribution in [-0.4, -0.2) is 26.1 Å². The molecule has 6 rings (SSSR count). The summed E-state index contributed by atoms with van der Waals surface area (Å²) < 4.78 is 28.5. The van der Waals surface area contributed by atoms with E-state index < -0.39 is 0 Å². The van der Waals surface area contributed by atoms with E-state index in [0.29, 0.717) is 47.5 Å². The Labute approximate surface area is 166 Å². The first-order valence-corrected chi connectivity index (χ1v) is 9.48. The van der Waals surface area contributed by atoms with Gasteiger partial charge < -0.3 is 29.0 Å². The lowest BCUT2D eigenvalue weighted by molar-refractivity contribution is 0.0962. The first kappa shape index (κ1) is 16.4. The van der Waals surface area contributed by atoms with Gasteiger partial charge in [-0.3, -0.25) is 4.79 Å². The van der Waals surface area contributed by atoms with Crippen molar-refractivity contribution in [2.75, 3.05) is 20.2 Å². The predicted octanol–water partition coefficient (Wildman–Crippen LogP) is 3.61. The number of benzene rings is 3. The van der Waals surface area contributed by atoms with Crippen molar-refractivity contribution in [3.8, 4) is 39.9 Å². The second kappa shape index (κ2) is 5.94. The zero-order chi connectivity index (χ0) is 19.5. The van der Waals surface area contributed by atoms with Crippen LogP contribution in [0.25, 0.3) is 21.9 Å². The van der Waals surface area contributed by atoms with Crippen LogP contribution >= 0.6 is 0 Å². The summed E-state index contributed by atoms with van der Waals surface area (Å²) in [6.45, 7) is 3.13. The van der Waals surface area contributed by atoms with E-state index in [1.54, 1.807) is 0 Å². The van der Waals surface area contributed by atoms with Crippen LogP contribution in [0.15, 0.2) is 30.3 Å². The minimum Gasteiger partial charge on any atom is -0.492 e. The Morgan fingerprint density at radius 1 is 0.966 bits per heavy atom. The monoisotopic (exact) mass is 391 g/mol. The van der Waals surface area contributed by atoms with Gasteiger partial charge in [-0.15, -0.1) is 0 Å². The normalized spacial score (nSPS) is 15.6. The Morgan fingerprint density at radius 2 is 1.76 bits per heavy atom. The summed E-state index contributed by atoms with van der Waals surface area (Å²) in [5.41, 5.74) is 3.29. The highest BCUT2D eigenvalue weighted by Gasteiger charge is 2.33. The highest BCUT2D eigenvalue weighted by molar-refractivity contribution is 6.15. The molecule has 1 N–H and O–H groups in total. The topological polar surface area (TPSA) is 75.2 Å². The summed E-state index contributed by atoms with van der Waals surface area (Å²) in [7, 11) is 0. The second-order valence-corrected chi connectivity index (χ2v) is 6.96. The highest BCUT2D eigenvalue weighted by Crippen LogP contribution is 2.51. The zero-order valence-electron chi connectivity index (χ0n) is 15.7. The van der Waals surface area contributed by atoms with E-state index in [-0.39, 0.29) is 19.5 Å². The average Bonchev–Trinajstić information content (AvgIpc) is 3.47. The number of amides is 1. The quantitative estimate of drug-likeness (QED) is 0.735. The van der Waals surface area contributed by atoms with Gasteiger partial charge >= 0.3 is 0 Å². The Hall–Kier alpha value is -3.61. The third-order valence-electron chi connectivity index (χ3n) is 5.47. The van der Waals surface area contributed by atoms with Crippen LogP contribution in [-0.2, 0) is 6.54 Å². The van der Waals surface area contributed by atoms with E-state index in [1.807, 2.05) is 37.3 Å². The largest absolute Gasteiger partial charge is 0.492 e. The van der Waals surface area contributed by atoms with Crippen molar-refractivity contribution in [3.63, 3.8) is 0 Å². The van der Waals surface area contributed by atoms with Crippen molar-refractivity contribution in [1.82, 2.24) is 5.32 Å². The van der Waals surface area contributed by atoms with E-state index in [0.717, 1.165) is 27.5 Å². The van der Waals surface area contributed by atoms with Gasteiger partial charge in [-0.2, -0.15) is 0 Å². The Bertz CT molecular complexity index is 1200. The molecule has 3 aliphatic rings. The third-order valence-corrected chi connectivity index (χ3v) is 5.47. The number of hydrogen-bond donors (Lipinski definition) is 1. The summed E-state index contributed by atoms with van der Waals surface area (Å²) in [6.07, 6.45) is 0. The number of rotatable bonds is 3. The van der Waals surface area contributed by atoms with Gasteiger partial charge in [0.15, 0.2) is 23.0 Å². The maximum absolute atomic E-state index is 12.7. The maximum atomic E-state index is 12.7. The second-order valence-electron chi connectivity index (χ2n) is 6.96. The SMILES string of the molecule is CCOc1c2c(c(-c3ccc4c(c3)OCO4)c3c4c(ccc13)OCO4)CNC2=O. The fourth-order valence-corrected chi connectivity index (χ4v) is 4.30. The van der Waals surface area contributed by atoms with Gasteiger partial charge in [-0.05, 0) is 47.9 Å². The molecule has 3 aromatic rings. The number of carbonyl (C=O) groups excluding carboxylic acids is 1. The fraction of sp³-hybridized carbons (Fsp3) is 0.227. The molecule has 1 amide bonds. The van der Waals surface area contributed by atoms with Crippen LogP contribution in [0.3, 0.4) is 0 Å². The molecule has 3 aliphatic heterocycles. The summed E-state index contributed by atoms with van der Waals surface area (Å²) >= 11 is 0. The van der Waals surface area contributed by atoms with E-state index in [4.69, 9.17) is 23.7 Å². The fourth-order valence-electron chi connectivity index (χ4n) is 4.30. The van der Waals surface area contributed by atoms with E-state index in [1.165, 1.54) is 0 Å².